The van der Waals surface area contributed by atoms with Crippen LogP contribution in [0.25, 0.3) is 22.3 Å². The highest BCUT2D eigenvalue weighted by atomic mass is 16.5. The molecule has 0 saturated heterocycles. The van der Waals surface area contributed by atoms with Crippen molar-refractivity contribution in [2.75, 3.05) is 19.8 Å². The summed E-state index contributed by atoms with van der Waals surface area (Å²) in [7, 11) is 0. The summed E-state index contributed by atoms with van der Waals surface area (Å²) in [5.74, 6) is 0.758. The molecule has 0 fully saturated rings. The minimum atomic E-state index is -0.568. The second-order valence-electron chi connectivity index (χ2n) is 6.79. The maximum Gasteiger partial charge on any atom is 0.326 e. The highest BCUT2D eigenvalue weighted by Crippen LogP contribution is 2.33. The number of aromatic amines is 3. The first-order valence-electron chi connectivity index (χ1n) is 9.99. The van der Waals surface area contributed by atoms with E-state index in [0.29, 0.717) is 41.6 Å². The van der Waals surface area contributed by atoms with E-state index < -0.39 is 11.2 Å². The lowest BCUT2D eigenvalue weighted by Crippen LogP contribution is -2.28. The van der Waals surface area contributed by atoms with E-state index in [9.17, 15) is 14.4 Å². The summed E-state index contributed by atoms with van der Waals surface area (Å²) >= 11 is 0. The zero-order valence-electron chi connectivity index (χ0n) is 17.2. The number of hydrogen-bond donors (Lipinski definition) is 4. The molecule has 4 aromatic rings. The third-order valence-corrected chi connectivity index (χ3v) is 4.62. The van der Waals surface area contributed by atoms with Crippen molar-refractivity contribution in [3.63, 3.8) is 0 Å². The summed E-state index contributed by atoms with van der Waals surface area (Å²) < 4.78 is 11.5. The van der Waals surface area contributed by atoms with Gasteiger partial charge in [-0.15, -0.1) is 0 Å². The molecule has 0 bridgehead atoms. The van der Waals surface area contributed by atoms with Crippen molar-refractivity contribution in [2.24, 2.45) is 0 Å². The number of amides is 1. The van der Waals surface area contributed by atoms with Gasteiger partial charge in [-0.1, -0.05) is 6.07 Å². The third kappa shape index (κ3) is 4.53. The number of carbonyl (C=O) groups is 1. The van der Waals surface area contributed by atoms with Gasteiger partial charge in [0.25, 0.3) is 11.5 Å². The largest absolute Gasteiger partial charge is 0.490 e. The zero-order valence-corrected chi connectivity index (χ0v) is 17.2. The number of ether oxygens (including phenoxy) is 2. The predicted octanol–water partition coefficient (Wildman–Crippen LogP) is 1.81. The second kappa shape index (κ2) is 9.21. The SMILES string of the molecule is CCOc1cc(-c2cc3[nH]c(=O)[nH]c(=O)c3[nH]2)ccc1OCCNC(=O)c1ccccn1. The molecule has 3 aromatic heterocycles. The van der Waals surface area contributed by atoms with E-state index in [-0.39, 0.29) is 18.0 Å². The van der Waals surface area contributed by atoms with Crippen LogP contribution in [0.3, 0.4) is 0 Å². The second-order valence-corrected chi connectivity index (χ2v) is 6.79. The lowest BCUT2D eigenvalue weighted by Gasteiger charge is -2.13. The van der Waals surface area contributed by atoms with Gasteiger partial charge in [-0.2, -0.15) is 0 Å². The third-order valence-electron chi connectivity index (χ3n) is 4.62. The number of H-pyrrole nitrogens is 3. The molecule has 0 aliphatic heterocycles. The molecule has 0 radical (unpaired) electrons. The van der Waals surface area contributed by atoms with E-state index in [0.717, 1.165) is 5.56 Å². The van der Waals surface area contributed by atoms with Crippen LogP contribution in [0.5, 0.6) is 11.5 Å². The Labute approximate surface area is 181 Å². The summed E-state index contributed by atoms with van der Waals surface area (Å²) in [6.45, 7) is 2.81. The van der Waals surface area contributed by atoms with Crippen molar-refractivity contribution in [3.05, 3.63) is 75.2 Å². The van der Waals surface area contributed by atoms with E-state index in [4.69, 9.17) is 9.47 Å². The molecule has 0 spiro atoms. The van der Waals surface area contributed by atoms with Gasteiger partial charge in [-0.05, 0) is 43.3 Å². The first-order chi connectivity index (χ1) is 15.5. The Balaban J connectivity index is 1.47. The van der Waals surface area contributed by atoms with Gasteiger partial charge in [0.15, 0.2) is 11.5 Å². The van der Waals surface area contributed by atoms with Crippen molar-refractivity contribution >= 4 is 16.9 Å². The number of fused-ring (bicyclic) bond motifs is 1. The normalized spacial score (nSPS) is 10.8. The summed E-state index contributed by atoms with van der Waals surface area (Å²) in [5.41, 5.74) is 1.36. The number of carbonyl (C=O) groups excluding carboxylic acids is 1. The Kier molecular flexibility index (Phi) is 6.02. The number of pyridine rings is 1. The fourth-order valence-corrected chi connectivity index (χ4v) is 3.18. The molecule has 0 atom stereocenters. The Hall–Kier alpha value is -4.34. The summed E-state index contributed by atoms with van der Waals surface area (Å²) in [5, 5.41) is 2.75. The monoisotopic (exact) mass is 435 g/mol. The molecule has 0 aliphatic rings. The smallest absolute Gasteiger partial charge is 0.326 e. The summed E-state index contributed by atoms with van der Waals surface area (Å²) in [4.78, 5) is 47.3. The van der Waals surface area contributed by atoms with Crippen LogP contribution < -0.4 is 26.0 Å². The quantitative estimate of drug-likeness (QED) is 0.311. The van der Waals surface area contributed by atoms with Gasteiger partial charge < -0.3 is 24.8 Å². The van der Waals surface area contributed by atoms with Crippen molar-refractivity contribution < 1.29 is 14.3 Å². The summed E-state index contributed by atoms with van der Waals surface area (Å²) in [6, 6.07) is 12.1. The number of benzene rings is 1. The van der Waals surface area contributed by atoms with Gasteiger partial charge in [-0.25, -0.2) is 4.79 Å². The number of nitrogens with one attached hydrogen (secondary N) is 4. The molecule has 10 nitrogen and oxygen atoms in total. The van der Waals surface area contributed by atoms with Crippen LogP contribution >= 0.6 is 0 Å². The molecule has 1 aromatic carbocycles. The lowest BCUT2D eigenvalue weighted by molar-refractivity contribution is 0.0942. The predicted molar refractivity (Wildman–Crippen MR) is 118 cm³/mol. The van der Waals surface area contributed by atoms with Gasteiger partial charge >= 0.3 is 5.69 Å². The number of rotatable bonds is 8. The average Bonchev–Trinajstić information content (AvgIpc) is 3.22. The zero-order chi connectivity index (χ0) is 22.5. The van der Waals surface area contributed by atoms with Crippen molar-refractivity contribution in [1.82, 2.24) is 25.3 Å². The van der Waals surface area contributed by atoms with Gasteiger partial charge in [-0.3, -0.25) is 19.6 Å². The standard InChI is InChI=1S/C22H21N5O5/c1-2-31-18-11-13(15-12-16-19(25-15)21(29)27-22(30)26-16)6-7-17(18)32-10-9-24-20(28)14-5-3-4-8-23-14/h3-8,11-12,25H,2,9-10H2,1H3,(H,24,28)(H2,26,27,29,30). The molecular formula is C22H21N5O5. The molecule has 3 heterocycles. The van der Waals surface area contributed by atoms with E-state index in [1.165, 1.54) is 0 Å². The average molecular weight is 435 g/mol. The van der Waals surface area contributed by atoms with Crippen LogP contribution in [0, 0.1) is 0 Å². The number of aromatic nitrogens is 4. The van der Waals surface area contributed by atoms with Crippen LogP contribution in [0.4, 0.5) is 0 Å². The van der Waals surface area contributed by atoms with Crippen molar-refractivity contribution in [2.45, 2.75) is 6.92 Å². The number of hydrogen-bond acceptors (Lipinski definition) is 6. The molecule has 4 N–H and O–H groups in total. The molecular weight excluding hydrogens is 414 g/mol. The Morgan fingerprint density at radius 2 is 1.91 bits per heavy atom. The highest BCUT2D eigenvalue weighted by Gasteiger charge is 2.12. The molecule has 10 heteroatoms. The minimum absolute atomic E-state index is 0.237. The van der Waals surface area contributed by atoms with Crippen LogP contribution in [-0.2, 0) is 0 Å². The van der Waals surface area contributed by atoms with Gasteiger partial charge in [0.2, 0.25) is 0 Å². The first kappa shape index (κ1) is 20.9. The fourth-order valence-electron chi connectivity index (χ4n) is 3.18. The Morgan fingerprint density at radius 3 is 2.69 bits per heavy atom. The van der Waals surface area contributed by atoms with Gasteiger partial charge in [0.05, 0.1) is 18.7 Å². The van der Waals surface area contributed by atoms with Crippen LogP contribution in [0.15, 0.2) is 58.3 Å². The molecule has 1 amide bonds. The highest BCUT2D eigenvalue weighted by molar-refractivity contribution is 5.92. The molecule has 164 valence electrons. The molecule has 0 aliphatic carbocycles. The summed E-state index contributed by atoms with van der Waals surface area (Å²) in [6.07, 6.45) is 1.56. The Bertz CT molecular complexity index is 1360. The van der Waals surface area contributed by atoms with E-state index in [2.05, 4.69) is 25.3 Å². The van der Waals surface area contributed by atoms with Crippen LogP contribution in [0.1, 0.15) is 17.4 Å². The van der Waals surface area contributed by atoms with Crippen LogP contribution in [0.2, 0.25) is 0 Å². The molecule has 32 heavy (non-hydrogen) atoms. The maximum atomic E-state index is 12.0. The van der Waals surface area contributed by atoms with Crippen molar-refractivity contribution in [3.8, 4) is 22.8 Å². The first-order valence-corrected chi connectivity index (χ1v) is 9.99. The van der Waals surface area contributed by atoms with E-state index in [1.54, 1.807) is 48.7 Å². The molecule has 0 saturated carbocycles. The number of nitrogens with zero attached hydrogens (tertiary/aromatic N) is 1. The Morgan fingerprint density at radius 1 is 1.03 bits per heavy atom. The van der Waals surface area contributed by atoms with E-state index in [1.807, 2.05) is 6.92 Å². The molecule has 0 unspecified atom stereocenters. The van der Waals surface area contributed by atoms with E-state index >= 15 is 0 Å². The minimum Gasteiger partial charge on any atom is -0.490 e. The van der Waals surface area contributed by atoms with Gasteiger partial charge in [0.1, 0.15) is 17.8 Å². The molecule has 4 rings (SSSR count). The topological polar surface area (TPSA) is 142 Å². The van der Waals surface area contributed by atoms with Crippen LogP contribution in [-0.4, -0.2) is 45.6 Å². The van der Waals surface area contributed by atoms with Gasteiger partial charge in [0, 0.05) is 17.5 Å². The van der Waals surface area contributed by atoms with Crippen molar-refractivity contribution in [1.29, 1.82) is 0 Å². The maximum absolute atomic E-state index is 12.0. The lowest BCUT2D eigenvalue weighted by atomic mass is 10.1. The fraction of sp³-hybridized carbons (Fsp3) is 0.182.